The van der Waals surface area contributed by atoms with Crippen LogP contribution in [0.15, 0.2) is 82.9 Å². The lowest BCUT2D eigenvalue weighted by Gasteiger charge is -2.33. The van der Waals surface area contributed by atoms with Crippen LogP contribution >= 0.6 is 23.2 Å². The van der Waals surface area contributed by atoms with Gasteiger partial charge in [0.25, 0.3) is 0 Å². The van der Waals surface area contributed by atoms with Crippen molar-refractivity contribution in [3.05, 3.63) is 94.2 Å². The molecule has 324 valence electrons. The number of nitrogens with zero attached hydrogens (tertiary/aromatic N) is 5. The number of rotatable bonds is 15. The van der Waals surface area contributed by atoms with E-state index in [9.17, 15) is 13.5 Å². The Morgan fingerprint density at radius 1 is 0.787 bits per heavy atom. The molecule has 1 aliphatic heterocycles. The van der Waals surface area contributed by atoms with Crippen LogP contribution in [0.1, 0.15) is 80.1 Å². The molecule has 0 aliphatic carbocycles. The molecule has 0 bridgehead atoms. The molecule has 4 aromatic carbocycles. The third kappa shape index (κ3) is 11.0. The van der Waals surface area contributed by atoms with Gasteiger partial charge in [0.05, 0.1) is 40.8 Å². The van der Waals surface area contributed by atoms with Crippen molar-refractivity contribution in [1.29, 1.82) is 0 Å². The Hall–Kier alpha value is -5.16. The maximum absolute atomic E-state index is 13.3. The van der Waals surface area contributed by atoms with Gasteiger partial charge in [-0.1, -0.05) is 84.7 Å². The second-order valence-electron chi connectivity index (χ2n) is 17.1. The molecule has 14 nitrogen and oxygen atoms in total. The number of phenols is 1. The fourth-order valence-corrected chi connectivity index (χ4v) is 8.63. The Labute approximate surface area is 371 Å². The summed E-state index contributed by atoms with van der Waals surface area (Å²) in [7, 11) is 1.46. The molecule has 0 amide bonds. The van der Waals surface area contributed by atoms with Gasteiger partial charge >= 0.3 is 22.5 Å². The topological polar surface area (TPSA) is 171 Å². The molecular weight excluding hydrogens is 862 g/mol. The van der Waals surface area contributed by atoms with Crippen LogP contribution in [-0.4, -0.2) is 53.5 Å². The van der Waals surface area contributed by atoms with Crippen LogP contribution in [-0.2, 0) is 27.9 Å². The van der Waals surface area contributed by atoms with Crippen LogP contribution in [0, 0.1) is 10.8 Å². The van der Waals surface area contributed by atoms with Crippen molar-refractivity contribution in [3.8, 4) is 40.1 Å². The minimum absolute atomic E-state index is 0.0649. The summed E-state index contributed by atoms with van der Waals surface area (Å²) < 4.78 is 55.1. The summed E-state index contributed by atoms with van der Waals surface area (Å²) >= 11 is 8.21. The summed E-state index contributed by atoms with van der Waals surface area (Å²) in [5.41, 5.74) is 3.58. The lowest BCUT2D eigenvalue weighted by molar-refractivity contribution is 0.283. The summed E-state index contributed by atoms with van der Waals surface area (Å²) in [4.78, 5) is 10.9. The predicted octanol–water partition coefficient (Wildman–Crippen LogP) is 10.6. The first kappa shape index (κ1) is 45.4. The fraction of sp³-hybridized carbons (Fsp3) is 0.349. The number of phenolic OH excluding ortho intramolecular Hbond substituents is 1. The highest BCUT2D eigenvalue weighted by molar-refractivity contribution is 7.82. The van der Waals surface area contributed by atoms with Crippen molar-refractivity contribution in [2.75, 3.05) is 23.2 Å². The zero-order valence-corrected chi connectivity index (χ0v) is 38.7. The Morgan fingerprint density at radius 2 is 1.38 bits per heavy atom. The standard InChI is InChI=1S/C43H49Cl2N7O7S2/c1-11-57-33-18-14-26(43(8,9)24-41(2,3)4)20-34(33)58-61(55)51-28-17-19-32(56-10)35(23-28)59-60(54)50-27-15-12-25(13-16-27)39-47-40-36(38(42(5,6)7)48-52(40)49-39)46-29-21-30(44)37(53)31(45)22-29/h12-23,50-51,53H,11,24H2,1-10H3. The van der Waals surface area contributed by atoms with Crippen molar-refractivity contribution < 1.29 is 31.4 Å². The van der Waals surface area contributed by atoms with Gasteiger partial charge in [-0.25, -0.2) is 9.98 Å². The summed E-state index contributed by atoms with van der Waals surface area (Å²) in [6, 6.07) is 20.4. The van der Waals surface area contributed by atoms with E-state index in [1.165, 1.54) is 30.1 Å². The number of aromatic hydroxyl groups is 1. The molecule has 1 aromatic heterocycles. The molecular formula is C43H49Cl2N7O7S2. The van der Waals surface area contributed by atoms with E-state index < -0.39 is 27.9 Å². The number of methoxy groups -OCH3 is 1. The van der Waals surface area contributed by atoms with Crippen LogP contribution in [0.3, 0.4) is 0 Å². The van der Waals surface area contributed by atoms with Crippen LogP contribution in [0.5, 0.6) is 28.7 Å². The number of ether oxygens (including phenoxy) is 2. The lowest BCUT2D eigenvalue weighted by Crippen LogP contribution is -2.27. The molecule has 0 fully saturated rings. The van der Waals surface area contributed by atoms with Gasteiger partial charge in [-0.3, -0.25) is 9.44 Å². The zero-order valence-electron chi connectivity index (χ0n) is 35.5. The summed E-state index contributed by atoms with van der Waals surface area (Å²) in [5, 5.41) is 19.5. The minimum atomic E-state index is -2.08. The SMILES string of the molecule is CCOc1ccc(C(C)(C)CC(C)(C)C)cc1OS(=O)Nc1ccc(OC)c(OS(=O)Nc2ccc(-c3nc4n(n3)N=C(C(C)(C)C)C4=Nc3cc(Cl)c(O)c(Cl)c3)cc2)c1. The fourth-order valence-electron chi connectivity index (χ4n) is 6.83. The van der Waals surface area contributed by atoms with E-state index in [4.69, 9.17) is 56.1 Å². The van der Waals surface area contributed by atoms with Gasteiger partial charge in [-0.05, 0) is 90.4 Å². The number of nitrogens with one attached hydrogen (secondary N) is 2. The first-order chi connectivity index (χ1) is 28.6. The van der Waals surface area contributed by atoms with Crippen LogP contribution in [0.25, 0.3) is 11.4 Å². The average molecular weight is 911 g/mol. The molecule has 2 heterocycles. The van der Waals surface area contributed by atoms with Gasteiger partial charge < -0.3 is 22.9 Å². The summed E-state index contributed by atoms with van der Waals surface area (Å²) in [6.45, 7) is 19.2. The highest BCUT2D eigenvalue weighted by Crippen LogP contribution is 2.41. The van der Waals surface area contributed by atoms with Crippen LogP contribution < -0.4 is 27.3 Å². The average Bonchev–Trinajstić information content (AvgIpc) is 3.73. The Morgan fingerprint density at radius 3 is 1.97 bits per heavy atom. The first-order valence-electron chi connectivity index (χ1n) is 19.3. The molecule has 2 unspecified atom stereocenters. The van der Waals surface area contributed by atoms with Gasteiger partial charge in [0.1, 0.15) is 5.71 Å². The van der Waals surface area contributed by atoms with Crippen LogP contribution in [0.4, 0.5) is 17.1 Å². The third-order valence-electron chi connectivity index (χ3n) is 9.21. The molecule has 0 spiro atoms. The maximum atomic E-state index is 13.3. The van der Waals surface area contributed by atoms with E-state index in [2.05, 4.69) is 49.2 Å². The minimum Gasteiger partial charge on any atom is -0.505 e. The lowest BCUT2D eigenvalue weighted by atomic mass is 9.72. The highest BCUT2D eigenvalue weighted by Gasteiger charge is 2.35. The van der Waals surface area contributed by atoms with Gasteiger partial charge in [-0.15, -0.1) is 9.89 Å². The second kappa shape index (κ2) is 18.1. The van der Waals surface area contributed by atoms with E-state index in [0.717, 1.165) is 12.0 Å². The summed E-state index contributed by atoms with van der Waals surface area (Å²) in [5.74, 6) is 1.79. The van der Waals surface area contributed by atoms with Gasteiger partial charge in [0.2, 0.25) is 5.82 Å². The number of halogens is 2. The zero-order chi connectivity index (χ0) is 44.4. The van der Waals surface area contributed by atoms with E-state index in [0.29, 0.717) is 69.6 Å². The normalized spacial score (nSPS) is 14.6. The molecule has 6 rings (SSSR count). The molecule has 0 saturated carbocycles. The van der Waals surface area contributed by atoms with Crippen molar-refractivity contribution in [2.45, 2.75) is 74.1 Å². The predicted molar refractivity (Wildman–Crippen MR) is 245 cm³/mol. The quantitative estimate of drug-likeness (QED) is 0.0925. The number of hydrogen-bond donors (Lipinski definition) is 3. The number of fused-ring (bicyclic) bond motifs is 1. The Bertz CT molecular complexity index is 2520. The van der Waals surface area contributed by atoms with E-state index in [1.54, 1.807) is 36.4 Å². The number of aromatic nitrogens is 3. The largest absolute Gasteiger partial charge is 0.505 e. The molecule has 0 radical (unpaired) electrons. The number of aliphatic imine (C=N–C) groups is 1. The first-order valence-corrected chi connectivity index (χ1v) is 22.2. The Balaban J connectivity index is 1.14. The molecule has 0 saturated heterocycles. The smallest absolute Gasteiger partial charge is 0.316 e. The van der Waals surface area contributed by atoms with Gasteiger partial charge in [0.15, 0.2) is 34.6 Å². The van der Waals surface area contributed by atoms with Crippen molar-refractivity contribution in [3.63, 3.8) is 0 Å². The number of anilines is 2. The molecule has 18 heteroatoms. The van der Waals surface area contributed by atoms with Crippen LogP contribution in [0.2, 0.25) is 10.0 Å². The number of benzene rings is 4. The van der Waals surface area contributed by atoms with Gasteiger partial charge in [-0.2, -0.15) is 13.5 Å². The molecule has 61 heavy (non-hydrogen) atoms. The molecule has 3 N–H and O–H groups in total. The highest BCUT2D eigenvalue weighted by atomic mass is 35.5. The molecule has 5 aromatic rings. The summed E-state index contributed by atoms with van der Waals surface area (Å²) in [6.07, 6.45) is 0.916. The van der Waals surface area contributed by atoms with E-state index in [-0.39, 0.29) is 32.4 Å². The van der Waals surface area contributed by atoms with Gasteiger partial charge in [0, 0.05) is 22.7 Å². The molecule has 1 aliphatic rings. The van der Waals surface area contributed by atoms with E-state index >= 15 is 0 Å². The second-order valence-corrected chi connectivity index (χ2v) is 19.6. The van der Waals surface area contributed by atoms with Crippen molar-refractivity contribution in [1.82, 2.24) is 14.9 Å². The third-order valence-corrected chi connectivity index (χ3v) is 11.3. The van der Waals surface area contributed by atoms with Crippen molar-refractivity contribution >= 4 is 74.2 Å². The number of hydrogen-bond acceptors (Lipinski definition) is 11. The Kier molecular flexibility index (Phi) is 13.4. The maximum Gasteiger partial charge on any atom is 0.316 e. The monoisotopic (exact) mass is 909 g/mol. The molecule has 2 atom stereocenters. The van der Waals surface area contributed by atoms with Crippen molar-refractivity contribution in [2.24, 2.45) is 20.9 Å². The van der Waals surface area contributed by atoms with E-state index in [1.807, 2.05) is 45.9 Å².